The lowest BCUT2D eigenvalue weighted by Crippen LogP contribution is -2.23. The molecular formula is C25H25N3O4S2. The van der Waals surface area contributed by atoms with E-state index in [-0.39, 0.29) is 17.2 Å². The first kappa shape index (κ1) is 23.8. The molecule has 176 valence electrons. The molecule has 4 aromatic rings. The Hall–Kier alpha value is -3.30. The smallest absolute Gasteiger partial charge is 0.272 e. The van der Waals surface area contributed by atoms with Crippen molar-refractivity contribution >= 4 is 44.9 Å². The summed E-state index contributed by atoms with van der Waals surface area (Å²) in [5.74, 6) is 1.00. The minimum absolute atomic E-state index is 0.0874. The normalized spacial score (nSPS) is 10.9. The molecule has 0 saturated carbocycles. The van der Waals surface area contributed by atoms with Crippen molar-refractivity contribution in [3.63, 3.8) is 0 Å². The number of thioether (sulfide) groups is 1. The predicted molar refractivity (Wildman–Crippen MR) is 139 cm³/mol. The zero-order valence-electron chi connectivity index (χ0n) is 19.4. The van der Waals surface area contributed by atoms with Crippen LogP contribution in [0.4, 0.5) is 5.69 Å². The molecule has 1 N–H and O–H groups in total. The van der Waals surface area contributed by atoms with Crippen LogP contribution < -0.4 is 20.3 Å². The third-order valence-corrected chi connectivity index (χ3v) is 7.27. The number of carbonyl (C=O) groups excluding carboxylic acids is 1. The fourth-order valence-corrected chi connectivity index (χ4v) is 5.34. The van der Waals surface area contributed by atoms with Crippen molar-refractivity contribution < 1.29 is 14.3 Å². The third-order valence-electron chi connectivity index (χ3n) is 5.34. The molecule has 7 nitrogen and oxygen atoms in total. The van der Waals surface area contributed by atoms with E-state index in [0.717, 1.165) is 11.1 Å². The van der Waals surface area contributed by atoms with Gasteiger partial charge in [-0.2, -0.15) is 0 Å². The predicted octanol–water partition coefficient (Wildman–Crippen LogP) is 5.20. The average Bonchev–Trinajstić information content (AvgIpc) is 3.27. The molecule has 0 aliphatic carbocycles. The van der Waals surface area contributed by atoms with Crippen LogP contribution in [0.25, 0.3) is 21.3 Å². The van der Waals surface area contributed by atoms with E-state index in [1.54, 1.807) is 29.9 Å². The lowest BCUT2D eigenvalue weighted by molar-refractivity contribution is -0.113. The van der Waals surface area contributed by atoms with E-state index in [1.807, 2.05) is 43.5 Å². The van der Waals surface area contributed by atoms with E-state index in [0.29, 0.717) is 39.1 Å². The molecule has 0 saturated heterocycles. The van der Waals surface area contributed by atoms with Crippen molar-refractivity contribution in [2.24, 2.45) is 0 Å². The van der Waals surface area contributed by atoms with Crippen molar-refractivity contribution in [3.8, 4) is 22.6 Å². The molecule has 2 heterocycles. The van der Waals surface area contributed by atoms with Gasteiger partial charge in [0, 0.05) is 23.6 Å². The number of amides is 1. The SMILES string of the molecule is CCn1c(SCC(=O)Nc2ccc(OC)cc2OC)nc2c(-c3ccc(C)cc3)csc2c1=O. The summed E-state index contributed by atoms with van der Waals surface area (Å²) < 4.78 is 12.8. The van der Waals surface area contributed by atoms with Crippen LogP contribution in [0.2, 0.25) is 0 Å². The van der Waals surface area contributed by atoms with Crippen molar-refractivity contribution in [2.45, 2.75) is 25.5 Å². The number of methoxy groups -OCH3 is 2. The summed E-state index contributed by atoms with van der Waals surface area (Å²) in [5.41, 5.74) is 4.23. The zero-order valence-corrected chi connectivity index (χ0v) is 21.0. The second kappa shape index (κ2) is 10.3. The largest absolute Gasteiger partial charge is 0.497 e. The van der Waals surface area contributed by atoms with Crippen LogP contribution in [0.3, 0.4) is 0 Å². The van der Waals surface area contributed by atoms with Gasteiger partial charge in [0.1, 0.15) is 16.2 Å². The zero-order chi connectivity index (χ0) is 24.2. The number of ether oxygens (including phenoxy) is 2. The summed E-state index contributed by atoms with van der Waals surface area (Å²) in [7, 11) is 3.10. The summed E-state index contributed by atoms with van der Waals surface area (Å²) in [6, 6.07) is 13.3. The first-order chi connectivity index (χ1) is 16.4. The Morgan fingerprint density at radius 2 is 1.91 bits per heavy atom. The molecule has 2 aromatic carbocycles. The summed E-state index contributed by atoms with van der Waals surface area (Å²) in [4.78, 5) is 30.7. The Morgan fingerprint density at radius 1 is 1.15 bits per heavy atom. The minimum atomic E-state index is -0.227. The van der Waals surface area contributed by atoms with E-state index in [1.165, 1.54) is 35.8 Å². The van der Waals surface area contributed by atoms with E-state index < -0.39 is 0 Å². The highest BCUT2D eigenvalue weighted by molar-refractivity contribution is 7.99. The molecule has 0 aliphatic rings. The Kier molecular flexibility index (Phi) is 7.23. The molecular weight excluding hydrogens is 470 g/mol. The highest BCUT2D eigenvalue weighted by atomic mass is 32.2. The number of carbonyl (C=O) groups is 1. The van der Waals surface area contributed by atoms with Crippen LogP contribution in [0, 0.1) is 6.92 Å². The number of aryl methyl sites for hydroxylation is 1. The summed E-state index contributed by atoms with van der Waals surface area (Å²) in [5, 5.41) is 5.35. The van der Waals surface area contributed by atoms with Crippen molar-refractivity contribution in [1.82, 2.24) is 9.55 Å². The molecule has 2 aromatic heterocycles. The second-order valence-corrected chi connectivity index (χ2v) is 9.36. The van der Waals surface area contributed by atoms with Gasteiger partial charge in [-0.15, -0.1) is 11.3 Å². The average molecular weight is 496 g/mol. The van der Waals surface area contributed by atoms with Gasteiger partial charge in [-0.3, -0.25) is 14.2 Å². The van der Waals surface area contributed by atoms with E-state index >= 15 is 0 Å². The molecule has 34 heavy (non-hydrogen) atoms. The number of rotatable bonds is 8. The van der Waals surface area contributed by atoms with Gasteiger partial charge in [0.25, 0.3) is 5.56 Å². The highest BCUT2D eigenvalue weighted by Gasteiger charge is 2.18. The summed E-state index contributed by atoms with van der Waals surface area (Å²) in [6.07, 6.45) is 0. The van der Waals surface area contributed by atoms with Crippen molar-refractivity contribution in [2.75, 3.05) is 25.3 Å². The molecule has 0 atom stereocenters. The first-order valence-electron chi connectivity index (χ1n) is 10.7. The number of hydrogen-bond donors (Lipinski definition) is 1. The molecule has 0 aliphatic heterocycles. The van der Waals surface area contributed by atoms with Gasteiger partial charge in [0.2, 0.25) is 5.91 Å². The number of thiophene rings is 1. The minimum Gasteiger partial charge on any atom is -0.497 e. The molecule has 0 unspecified atom stereocenters. The fourth-order valence-electron chi connectivity index (χ4n) is 3.53. The second-order valence-electron chi connectivity index (χ2n) is 7.54. The van der Waals surface area contributed by atoms with Gasteiger partial charge in [0.15, 0.2) is 5.16 Å². The molecule has 1 amide bonds. The van der Waals surface area contributed by atoms with Crippen LogP contribution in [0.5, 0.6) is 11.5 Å². The van der Waals surface area contributed by atoms with Crippen LogP contribution in [-0.2, 0) is 11.3 Å². The van der Waals surface area contributed by atoms with Gasteiger partial charge in [-0.05, 0) is 31.5 Å². The monoisotopic (exact) mass is 495 g/mol. The lowest BCUT2D eigenvalue weighted by Gasteiger charge is -2.13. The first-order valence-corrected chi connectivity index (χ1v) is 12.6. The van der Waals surface area contributed by atoms with Gasteiger partial charge < -0.3 is 14.8 Å². The van der Waals surface area contributed by atoms with Crippen LogP contribution in [-0.4, -0.2) is 35.4 Å². The topological polar surface area (TPSA) is 82.5 Å². The van der Waals surface area contributed by atoms with E-state index in [2.05, 4.69) is 5.32 Å². The maximum absolute atomic E-state index is 13.1. The number of nitrogens with one attached hydrogen (secondary N) is 1. The standard InChI is InChI=1S/C25H25N3O4S2/c1-5-28-24(30)23-22(18(13-33-23)16-8-6-15(2)7-9-16)27-25(28)34-14-21(29)26-19-11-10-17(31-3)12-20(19)32-4/h6-13H,5,14H2,1-4H3,(H,26,29). The quantitative estimate of drug-likeness (QED) is 0.267. The Balaban J connectivity index is 1.60. The van der Waals surface area contributed by atoms with E-state index in [4.69, 9.17) is 14.5 Å². The maximum Gasteiger partial charge on any atom is 0.272 e. The molecule has 0 fully saturated rings. The Morgan fingerprint density at radius 3 is 2.59 bits per heavy atom. The van der Waals surface area contributed by atoms with Gasteiger partial charge in [-0.25, -0.2) is 4.98 Å². The molecule has 9 heteroatoms. The molecule has 4 rings (SSSR count). The van der Waals surface area contributed by atoms with Crippen molar-refractivity contribution in [3.05, 3.63) is 63.8 Å². The van der Waals surface area contributed by atoms with Crippen LogP contribution in [0.15, 0.2) is 57.8 Å². The Labute approximate surface area is 205 Å². The van der Waals surface area contributed by atoms with E-state index in [9.17, 15) is 9.59 Å². The van der Waals surface area contributed by atoms with Crippen molar-refractivity contribution in [1.29, 1.82) is 0 Å². The van der Waals surface area contributed by atoms with Gasteiger partial charge in [0.05, 0.1) is 31.2 Å². The van der Waals surface area contributed by atoms with Crippen LogP contribution in [0.1, 0.15) is 12.5 Å². The highest BCUT2D eigenvalue weighted by Crippen LogP contribution is 2.33. The van der Waals surface area contributed by atoms with Gasteiger partial charge >= 0.3 is 0 Å². The third kappa shape index (κ3) is 4.80. The maximum atomic E-state index is 13.1. The molecule has 0 radical (unpaired) electrons. The molecule has 0 bridgehead atoms. The van der Waals surface area contributed by atoms with Gasteiger partial charge in [-0.1, -0.05) is 41.6 Å². The van der Waals surface area contributed by atoms with Crippen LogP contribution >= 0.6 is 23.1 Å². The molecule has 0 spiro atoms. The lowest BCUT2D eigenvalue weighted by atomic mass is 10.1. The number of benzene rings is 2. The number of hydrogen-bond acceptors (Lipinski definition) is 7. The number of nitrogens with zero attached hydrogens (tertiary/aromatic N) is 2. The fraction of sp³-hybridized carbons (Fsp3) is 0.240. The number of anilines is 1. The number of fused-ring (bicyclic) bond motifs is 1. The number of aromatic nitrogens is 2. The summed E-state index contributed by atoms with van der Waals surface area (Å²) >= 11 is 2.64. The summed E-state index contributed by atoms with van der Waals surface area (Å²) in [6.45, 7) is 4.40. The Bertz CT molecular complexity index is 1390.